The molecular weight excluding hydrogens is 266 g/mol. The third-order valence-electron chi connectivity index (χ3n) is 4.18. The normalized spacial score (nSPS) is 22.1. The molecular formula is C16H19N3O2. The fraction of sp³-hybridized carbons (Fsp3) is 0.438. The summed E-state index contributed by atoms with van der Waals surface area (Å²) in [5.41, 5.74) is 0.0249. The number of nitrogens with zero attached hydrogens (tertiary/aromatic N) is 1. The SMILES string of the molecule is CC1CCCC(NC(=O)c2n[nH]c(=O)c3ccccc23)C1. The summed E-state index contributed by atoms with van der Waals surface area (Å²) < 4.78 is 0. The van der Waals surface area contributed by atoms with Crippen molar-refractivity contribution in [3.8, 4) is 0 Å². The molecule has 2 atom stereocenters. The summed E-state index contributed by atoms with van der Waals surface area (Å²) in [6.45, 7) is 2.21. The molecule has 1 saturated carbocycles. The van der Waals surface area contributed by atoms with Crippen LogP contribution < -0.4 is 10.9 Å². The zero-order chi connectivity index (χ0) is 14.8. The Bertz CT molecular complexity index is 723. The van der Waals surface area contributed by atoms with Crippen LogP contribution in [-0.4, -0.2) is 22.1 Å². The van der Waals surface area contributed by atoms with Gasteiger partial charge >= 0.3 is 0 Å². The monoisotopic (exact) mass is 285 g/mol. The first kappa shape index (κ1) is 13.8. The molecule has 1 aliphatic rings. The van der Waals surface area contributed by atoms with Crippen LogP contribution in [0.2, 0.25) is 0 Å². The second kappa shape index (κ2) is 5.68. The van der Waals surface area contributed by atoms with Gasteiger partial charge in [0.05, 0.1) is 5.39 Å². The van der Waals surface area contributed by atoms with E-state index in [1.165, 1.54) is 6.42 Å². The van der Waals surface area contributed by atoms with Crippen LogP contribution in [-0.2, 0) is 0 Å². The van der Waals surface area contributed by atoms with E-state index in [1.54, 1.807) is 18.2 Å². The molecule has 2 aromatic rings. The molecule has 1 aromatic heterocycles. The molecule has 1 fully saturated rings. The van der Waals surface area contributed by atoms with E-state index in [4.69, 9.17) is 0 Å². The number of fused-ring (bicyclic) bond motifs is 1. The van der Waals surface area contributed by atoms with Crippen molar-refractivity contribution in [3.63, 3.8) is 0 Å². The molecule has 2 N–H and O–H groups in total. The highest BCUT2D eigenvalue weighted by molar-refractivity contribution is 6.04. The minimum absolute atomic E-state index is 0.203. The number of H-pyrrole nitrogens is 1. The number of rotatable bonds is 2. The Morgan fingerprint density at radius 3 is 2.81 bits per heavy atom. The van der Waals surface area contributed by atoms with Crippen LogP contribution in [0.15, 0.2) is 29.1 Å². The fourth-order valence-electron chi connectivity index (χ4n) is 3.11. The quantitative estimate of drug-likeness (QED) is 0.888. The average molecular weight is 285 g/mol. The second-order valence-corrected chi connectivity index (χ2v) is 5.89. The molecule has 1 aromatic carbocycles. The highest BCUT2D eigenvalue weighted by Gasteiger charge is 2.22. The topological polar surface area (TPSA) is 74.8 Å². The van der Waals surface area contributed by atoms with Crippen LogP contribution in [0.25, 0.3) is 10.8 Å². The van der Waals surface area contributed by atoms with Crippen molar-refractivity contribution >= 4 is 16.7 Å². The van der Waals surface area contributed by atoms with Gasteiger partial charge in [-0.3, -0.25) is 9.59 Å². The predicted molar refractivity (Wildman–Crippen MR) is 81.2 cm³/mol. The lowest BCUT2D eigenvalue weighted by molar-refractivity contribution is 0.0917. The third kappa shape index (κ3) is 2.82. The van der Waals surface area contributed by atoms with Crippen molar-refractivity contribution in [2.45, 2.75) is 38.6 Å². The lowest BCUT2D eigenvalue weighted by Gasteiger charge is -2.27. The Morgan fingerprint density at radius 1 is 1.29 bits per heavy atom. The van der Waals surface area contributed by atoms with Crippen LogP contribution in [0.5, 0.6) is 0 Å². The van der Waals surface area contributed by atoms with Crippen molar-refractivity contribution in [2.24, 2.45) is 5.92 Å². The molecule has 0 bridgehead atoms. The molecule has 1 heterocycles. The van der Waals surface area contributed by atoms with Crippen LogP contribution in [0.1, 0.15) is 43.1 Å². The first-order chi connectivity index (χ1) is 10.1. The van der Waals surface area contributed by atoms with E-state index in [0.717, 1.165) is 19.3 Å². The van der Waals surface area contributed by atoms with E-state index in [-0.39, 0.29) is 17.5 Å². The average Bonchev–Trinajstić information content (AvgIpc) is 2.48. The van der Waals surface area contributed by atoms with Gasteiger partial charge < -0.3 is 5.32 Å². The van der Waals surface area contributed by atoms with E-state index in [1.807, 2.05) is 6.07 Å². The number of aromatic nitrogens is 2. The molecule has 1 amide bonds. The predicted octanol–water partition coefficient (Wildman–Crippen LogP) is 2.23. The fourth-order valence-corrected chi connectivity index (χ4v) is 3.11. The molecule has 1 aliphatic carbocycles. The summed E-state index contributed by atoms with van der Waals surface area (Å²) in [6, 6.07) is 7.25. The Labute approximate surface area is 122 Å². The van der Waals surface area contributed by atoms with Crippen molar-refractivity contribution in [1.82, 2.24) is 15.5 Å². The standard InChI is InChI=1S/C16H19N3O2/c1-10-5-4-6-11(9-10)17-16(21)14-12-7-2-3-8-13(12)15(20)19-18-14/h2-3,7-8,10-11H,4-6,9H2,1H3,(H,17,21)(H,19,20). The van der Waals surface area contributed by atoms with Gasteiger partial charge in [0, 0.05) is 11.4 Å². The number of hydrogen-bond acceptors (Lipinski definition) is 3. The van der Waals surface area contributed by atoms with Crippen LogP contribution in [0.4, 0.5) is 0 Å². The highest BCUT2D eigenvalue weighted by Crippen LogP contribution is 2.24. The number of nitrogens with one attached hydrogen (secondary N) is 2. The van der Waals surface area contributed by atoms with Crippen molar-refractivity contribution < 1.29 is 4.79 Å². The molecule has 110 valence electrons. The number of amides is 1. The Kier molecular flexibility index (Phi) is 3.73. The van der Waals surface area contributed by atoms with Gasteiger partial charge in [0.15, 0.2) is 5.69 Å². The Hall–Kier alpha value is -2.17. The molecule has 0 radical (unpaired) electrons. The first-order valence-electron chi connectivity index (χ1n) is 7.43. The van der Waals surface area contributed by atoms with Crippen molar-refractivity contribution in [3.05, 3.63) is 40.3 Å². The third-order valence-corrected chi connectivity index (χ3v) is 4.18. The number of carbonyl (C=O) groups excluding carboxylic acids is 1. The van der Waals surface area contributed by atoms with Crippen molar-refractivity contribution in [1.29, 1.82) is 0 Å². The van der Waals surface area contributed by atoms with Gasteiger partial charge in [0.1, 0.15) is 0 Å². The number of carbonyl (C=O) groups is 1. The maximum Gasteiger partial charge on any atom is 0.272 e. The molecule has 0 aliphatic heterocycles. The first-order valence-corrected chi connectivity index (χ1v) is 7.43. The van der Waals surface area contributed by atoms with Gasteiger partial charge in [0.2, 0.25) is 0 Å². The maximum absolute atomic E-state index is 12.4. The van der Waals surface area contributed by atoms with Gasteiger partial charge in [-0.1, -0.05) is 38.0 Å². The largest absolute Gasteiger partial charge is 0.348 e. The number of hydrogen-bond donors (Lipinski definition) is 2. The lowest BCUT2D eigenvalue weighted by atomic mass is 9.87. The zero-order valence-electron chi connectivity index (χ0n) is 12.1. The van der Waals surface area contributed by atoms with Gasteiger partial charge in [-0.15, -0.1) is 0 Å². The van der Waals surface area contributed by atoms with Crippen LogP contribution in [0, 0.1) is 5.92 Å². The molecule has 0 spiro atoms. The molecule has 0 saturated heterocycles. The molecule has 3 rings (SSSR count). The number of aromatic amines is 1. The summed E-state index contributed by atoms with van der Waals surface area (Å²) in [5, 5.41) is 10.5. The summed E-state index contributed by atoms with van der Waals surface area (Å²) in [5.74, 6) is 0.436. The van der Waals surface area contributed by atoms with Crippen molar-refractivity contribution in [2.75, 3.05) is 0 Å². The summed E-state index contributed by atoms with van der Waals surface area (Å²) in [4.78, 5) is 24.2. The summed E-state index contributed by atoms with van der Waals surface area (Å²) in [6.07, 6.45) is 4.39. The van der Waals surface area contributed by atoms with E-state index >= 15 is 0 Å². The van der Waals surface area contributed by atoms with Gasteiger partial charge in [-0.25, -0.2) is 5.10 Å². The van der Waals surface area contributed by atoms with E-state index < -0.39 is 0 Å². The minimum Gasteiger partial charge on any atom is -0.348 e. The minimum atomic E-state index is -0.270. The summed E-state index contributed by atoms with van der Waals surface area (Å²) in [7, 11) is 0. The van der Waals surface area contributed by atoms with Gasteiger partial charge in [0.25, 0.3) is 11.5 Å². The zero-order valence-corrected chi connectivity index (χ0v) is 12.1. The van der Waals surface area contributed by atoms with E-state index in [0.29, 0.717) is 22.4 Å². The van der Waals surface area contributed by atoms with Gasteiger partial charge in [-0.05, 0) is 24.8 Å². The van der Waals surface area contributed by atoms with E-state index in [9.17, 15) is 9.59 Å². The molecule has 2 unspecified atom stereocenters. The van der Waals surface area contributed by atoms with Gasteiger partial charge in [-0.2, -0.15) is 5.10 Å². The summed E-state index contributed by atoms with van der Waals surface area (Å²) >= 11 is 0. The Balaban J connectivity index is 1.88. The van der Waals surface area contributed by atoms with E-state index in [2.05, 4.69) is 22.4 Å². The van der Waals surface area contributed by atoms with Crippen LogP contribution >= 0.6 is 0 Å². The molecule has 5 heteroatoms. The molecule has 21 heavy (non-hydrogen) atoms. The molecule has 5 nitrogen and oxygen atoms in total. The second-order valence-electron chi connectivity index (χ2n) is 5.89. The Morgan fingerprint density at radius 2 is 2.05 bits per heavy atom. The van der Waals surface area contributed by atoms with Crippen LogP contribution in [0.3, 0.4) is 0 Å². The smallest absolute Gasteiger partial charge is 0.272 e. The maximum atomic E-state index is 12.4. The number of benzene rings is 1. The highest BCUT2D eigenvalue weighted by atomic mass is 16.2. The lowest BCUT2D eigenvalue weighted by Crippen LogP contribution is -2.38.